The van der Waals surface area contributed by atoms with Crippen LogP contribution in [-0.4, -0.2) is 96.1 Å². The molecule has 34 heavy (non-hydrogen) atoms. The number of amides is 1. The van der Waals surface area contributed by atoms with Gasteiger partial charge in [0.25, 0.3) is 0 Å². The van der Waals surface area contributed by atoms with E-state index in [-0.39, 0.29) is 13.2 Å². The minimum atomic E-state index is -1.55. The number of likely N-dealkylation sites (tertiary alicyclic amines) is 1. The van der Waals surface area contributed by atoms with Gasteiger partial charge >= 0.3 is 23.9 Å². The molecule has 1 amide bonds. The highest BCUT2D eigenvalue weighted by Crippen LogP contribution is 2.32. The first kappa shape index (κ1) is 27.5. The predicted octanol–water partition coefficient (Wildman–Crippen LogP) is -0.269. The Morgan fingerprint density at radius 3 is 2.18 bits per heavy atom. The molecule has 0 aromatic rings. The zero-order valence-corrected chi connectivity index (χ0v) is 20.1. The third-order valence-electron chi connectivity index (χ3n) is 5.73. The molecule has 0 bridgehead atoms. The van der Waals surface area contributed by atoms with Crippen LogP contribution in [0.1, 0.15) is 47.5 Å². The van der Waals surface area contributed by atoms with E-state index in [4.69, 9.17) is 23.7 Å². The van der Waals surface area contributed by atoms with Crippen LogP contribution in [0, 0.1) is 5.92 Å². The molecule has 2 saturated heterocycles. The molecule has 0 aromatic carbocycles. The summed E-state index contributed by atoms with van der Waals surface area (Å²) < 4.78 is 26.5. The Kier molecular flexibility index (Phi) is 9.80. The van der Waals surface area contributed by atoms with Crippen LogP contribution in [0.5, 0.6) is 0 Å². The van der Waals surface area contributed by atoms with Crippen molar-refractivity contribution in [2.45, 2.75) is 84.0 Å². The first-order valence-corrected chi connectivity index (χ1v) is 11.3. The molecule has 0 aliphatic carbocycles. The van der Waals surface area contributed by atoms with Crippen LogP contribution in [-0.2, 0) is 47.7 Å². The molecule has 2 aliphatic heterocycles. The van der Waals surface area contributed by atoms with Crippen molar-refractivity contribution >= 4 is 29.8 Å². The summed E-state index contributed by atoms with van der Waals surface area (Å²) in [4.78, 5) is 61.8. The van der Waals surface area contributed by atoms with Crippen molar-refractivity contribution in [1.82, 2.24) is 4.90 Å². The minimum Gasteiger partial charge on any atom is -0.464 e. The number of aliphatic hydroxyl groups is 1. The maximum absolute atomic E-state index is 13.3. The third-order valence-corrected chi connectivity index (χ3v) is 5.73. The quantitative estimate of drug-likeness (QED) is 0.355. The van der Waals surface area contributed by atoms with Crippen LogP contribution < -0.4 is 0 Å². The molecule has 192 valence electrons. The Hall–Kier alpha value is -2.73. The maximum Gasteiger partial charge on any atom is 0.328 e. The van der Waals surface area contributed by atoms with E-state index in [0.717, 1.165) is 13.8 Å². The van der Waals surface area contributed by atoms with Crippen molar-refractivity contribution in [2.24, 2.45) is 5.92 Å². The molecule has 0 aromatic heterocycles. The molecule has 0 radical (unpaired) electrons. The number of hydrogen-bond acceptors (Lipinski definition) is 11. The van der Waals surface area contributed by atoms with Gasteiger partial charge in [0.15, 0.2) is 12.2 Å². The molecule has 2 aliphatic rings. The van der Waals surface area contributed by atoms with Crippen molar-refractivity contribution in [3.8, 4) is 0 Å². The van der Waals surface area contributed by atoms with E-state index in [2.05, 4.69) is 0 Å². The first-order valence-electron chi connectivity index (χ1n) is 11.3. The van der Waals surface area contributed by atoms with Crippen LogP contribution >= 0.6 is 0 Å². The van der Waals surface area contributed by atoms with E-state index in [1.165, 1.54) is 18.7 Å². The standard InChI is InChI=1S/C22H33NO11/c1-6-30-22(29)15-8-7-9-23(15)21(28)11(2)18-17(27)20(33-14(5)26)19(32-13(4)25)16(34-18)10-31-12(3)24/h11,15-20,27H,6-10H2,1-5H3/t11?,15?,16-,17+,18?,19-,20-/m1/s1. The number of ether oxygens (including phenoxy) is 5. The fourth-order valence-corrected chi connectivity index (χ4v) is 4.28. The van der Waals surface area contributed by atoms with E-state index in [9.17, 15) is 29.1 Å². The summed E-state index contributed by atoms with van der Waals surface area (Å²) in [6, 6.07) is -0.745. The summed E-state index contributed by atoms with van der Waals surface area (Å²) in [7, 11) is 0. The Morgan fingerprint density at radius 1 is 1.00 bits per heavy atom. The molecule has 12 nitrogen and oxygen atoms in total. The monoisotopic (exact) mass is 487 g/mol. The predicted molar refractivity (Wildman–Crippen MR) is 113 cm³/mol. The summed E-state index contributed by atoms with van der Waals surface area (Å²) in [6.07, 6.45) is -5.50. The van der Waals surface area contributed by atoms with Gasteiger partial charge in [-0.2, -0.15) is 0 Å². The van der Waals surface area contributed by atoms with Crippen LogP contribution in [0.2, 0.25) is 0 Å². The van der Waals surface area contributed by atoms with Gasteiger partial charge in [0.05, 0.1) is 18.6 Å². The number of hydrogen-bond donors (Lipinski definition) is 1. The number of carbonyl (C=O) groups excluding carboxylic acids is 5. The molecule has 0 saturated carbocycles. The van der Waals surface area contributed by atoms with Crippen molar-refractivity contribution in [3.63, 3.8) is 0 Å². The zero-order valence-electron chi connectivity index (χ0n) is 20.1. The highest BCUT2D eigenvalue weighted by Gasteiger charge is 2.53. The fourth-order valence-electron chi connectivity index (χ4n) is 4.28. The van der Waals surface area contributed by atoms with E-state index in [0.29, 0.717) is 19.4 Å². The Labute approximate surface area is 197 Å². The molecule has 2 rings (SSSR count). The number of aliphatic hydroxyl groups excluding tert-OH is 1. The van der Waals surface area contributed by atoms with Gasteiger partial charge in [-0.05, 0) is 19.8 Å². The van der Waals surface area contributed by atoms with Crippen molar-refractivity contribution in [2.75, 3.05) is 19.8 Å². The maximum atomic E-state index is 13.3. The van der Waals surface area contributed by atoms with Crippen molar-refractivity contribution in [1.29, 1.82) is 0 Å². The lowest BCUT2D eigenvalue weighted by Crippen LogP contribution is -2.64. The second-order valence-corrected chi connectivity index (χ2v) is 8.31. The molecule has 1 N–H and O–H groups in total. The first-order chi connectivity index (χ1) is 16.0. The number of carbonyl (C=O) groups is 5. The third kappa shape index (κ3) is 6.66. The highest BCUT2D eigenvalue weighted by molar-refractivity contribution is 5.86. The number of esters is 4. The second-order valence-electron chi connectivity index (χ2n) is 8.31. The fraction of sp³-hybridized carbons (Fsp3) is 0.773. The second kappa shape index (κ2) is 12.1. The average molecular weight is 488 g/mol. The van der Waals surface area contributed by atoms with E-state index >= 15 is 0 Å². The van der Waals surface area contributed by atoms with Crippen LogP contribution in [0.15, 0.2) is 0 Å². The molecular formula is C22H33NO11. The number of rotatable bonds is 8. The highest BCUT2D eigenvalue weighted by atomic mass is 16.6. The van der Waals surface area contributed by atoms with Gasteiger partial charge < -0.3 is 33.7 Å². The summed E-state index contributed by atoms with van der Waals surface area (Å²) >= 11 is 0. The summed E-state index contributed by atoms with van der Waals surface area (Å²) in [6.45, 7) is 6.74. The van der Waals surface area contributed by atoms with Crippen molar-refractivity contribution in [3.05, 3.63) is 0 Å². The Balaban J connectivity index is 2.31. The van der Waals surface area contributed by atoms with Gasteiger partial charge in [-0.1, -0.05) is 6.92 Å². The van der Waals surface area contributed by atoms with Crippen molar-refractivity contribution < 1.29 is 52.8 Å². The molecule has 2 fully saturated rings. The molecule has 7 atom stereocenters. The van der Waals surface area contributed by atoms with Crippen LogP contribution in [0.4, 0.5) is 0 Å². The van der Waals surface area contributed by atoms with E-state index in [1.54, 1.807) is 6.92 Å². The topological polar surface area (TPSA) is 155 Å². The molecular weight excluding hydrogens is 454 g/mol. The lowest BCUT2D eigenvalue weighted by Gasteiger charge is -2.45. The average Bonchev–Trinajstić information content (AvgIpc) is 3.24. The SMILES string of the molecule is CCOC(=O)C1CCCN1C(=O)C(C)C1O[C@H](COC(C)=O)[C@@H](OC(C)=O)[C@H](OC(C)=O)[C@H]1O. The normalized spacial score (nSPS) is 29.6. The van der Waals surface area contributed by atoms with E-state index < -0.39 is 72.3 Å². The van der Waals surface area contributed by atoms with Gasteiger partial charge in [-0.15, -0.1) is 0 Å². The van der Waals surface area contributed by atoms with Crippen LogP contribution in [0.25, 0.3) is 0 Å². The van der Waals surface area contributed by atoms with Gasteiger partial charge in [0.2, 0.25) is 5.91 Å². The number of nitrogens with zero attached hydrogens (tertiary/aromatic N) is 1. The molecule has 3 unspecified atom stereocenters. The lowest BCUT2D eigenvalue weighted by molar-refractivity contribution is -0.254. The summed E-state index contributed by atoms with van der Waals surface area (Å²) in [5, 5.41) is 11.0. The van der Waals surface area contributed by atoms with Crippen LogP contribution in [0.3, 0.4) is 0 Å². The smallest absolute Gasteiger partial charge is 0.328 e. The largest absolute Gasteiger partial charge is 0.464 e. The Morgan fingerprint density at radius 2 is 1.62 bits per heavy atom. The van der Waals surface area contributed by atoms with Gasteiger partial charge in [0.1, 0.15) is 24.9 Å². The summed E-state index contributed by atoms with van der Waals surface area (Å²) in [5.74, 6) is -4.07. The minimum absolute atomic E-state index is 0.177. The Bertz CT molecular complexity index is 785. The zero-order chi connectivity index (χ0) is 25.6. The van der Waals surface area contributed by atoms with E-state index in [1.807, 2.05) is 0 Å². The van der Waals surface area contributed by atoms with Gasteiger partial charge in [0, 0.05) is 27.3 Å². The molecule has 2 heterocycles. The lowest BCUT2D eigenvalue weighted by atomic mass is 9.87. The van der Waals surface area contributed by atoms with Gasteiger partial charge in [-0.3, -0.25) is 19.2 Å². The van der Waals surface area contributed by atoms with Gasteiger partial charge in [-0.25, -0.2) is 4.79 Å². The molecule has 12 heteroatoms. The molecule has 0 spiro atoms. The summed E-state index contributed by atoms with van der Waals surface area (Å²) in [5.41, 5.74) is 0.